The Bertz CT molecular complexity index is 1060. The maximum Gasteiger partial charge on any atom is 0.337 e. The molecule has 31 heavy (non-hydrogen) atoms. The highest BCUT2D eigenvalue weighted by Gasteiger charge is 2.23. The highest BCUT2D eigenvalue weighted by Crippen LogP contribution is 2.20. The van der Waals surface area contributed by atoms with E-state index < -0.39 is 23.9 Å². The van der Waals surface area contributed by atoms with Crippen LogP contribution in [0.5, 0.6) is 0 Å². The molecule has 158 valence electrons. The molecular weight excluding hydrogens is 394 g/mol. The molecule has 0 aliphatic carbocycles. The van der Waals surface area contributed by atoms with Gasteiger partial charge in [0.1, 0.15) is 6.04 Å². The zero-order valence-electron chi connectivity index (χ0n) is 17.3. The number of esters is 2. The summed E-state index contributed by atoms with van der Waals surface area (Å²) in [7, 11) is 2.54. The molecule has 1 amide bonds. The Balaban J connectivity index is 1.74. The first-order valence-electron chi connectivity index (χ1n) is 9.73. The molecule has 0 saturated heterocycles. The Labute approximate surface area is 180 Å². The Morgan fingerprint density at radius 3 is 2.06 bits per heavy atom. The van der Waals surface area contributed by atoms with Crippen molar-refractivity contribution < 1.29 is 23.9 Å². The minimum atomic E-state index is -0.873. The smallest absolute Gasteiger partial charge is 0.337 e. The van der Waals surface area contributed by atoms with Gasteiger partial charge in [-0.05, 0) is 34.9 Å². The molecule has 3 rings (SSSR count). The van der Waals surface area contributed by atoms with Crippen molar-refractivity contribution in [2.75, 3.05) is 14.2 Å². The first-order chi connectivity index (χ1) is 15.0. The number of hydrogen-bond donors (Lipinski definition) is 1. The standard InChI is InChI=1S/C25H23NO5/c1-30-24(28)21-10-6-9-20(16-21)23(27)26-22(25(29)31-2)15-17-11-13-19(14-12-17)18-7-4-3-5-8-18/h3-14,16,22H,15H2,1-2H3,(H,26,27)/t22-/m0/s1. The van der Waals surface area contributed by atoms with Gasteiger partial charge in [0.05, 0.1) is 19.8 Å². The Morgan fingerprint density at radius 1 is 0.774 bits per heavy atom. The second-order valence-corrected chi connectivity index (χ2v) is 6.89. The average Bonchev–Trinajstić information content (AvgIpc) is 2.83. The van der Waals surface area contributed by atoms with Gasteiger partial charge < -0.3 is 14.8 Å². The quantitative estimate of drug-likeness (QED) is 0.594. The molecule has 0 aliphatic heterocycles. The van der Waals surface area contributed by atoms with E-state index in [1.54, 1.807) is 18.2 Å². The number of amides is 1. The van der Waals surface area contributed by atoms with Crippen LogP contribution in [0.15, 0.2) is 78.9 Å². The van der Waals surface area contributed by atoms with E-state index in [1.165, 1.54) is 20.3 Å². The van der Waals surface area contributed by atoms with Gasteiger partial charge in [-0.15, -0.1) is 0 Å². The van der Waals surface area contributed by atoms with Crippen LogP contribution >= 0.6 is 0 Å². The van der Waals surface area contributed by atoms with E-state index in [4.69, 9.17) is 4.74 Å². The van der Waals surface area contributed by atoms with Crippen LogP contribution in [-0.2, 0) is 20.7 Å². The second kappa shape index (κ2) is 10.2. The summed E-state index contributed by atoms with van der Waals surface area (Å²) in [5.41, 5.74) is 3.52. The summed E-state index contributed by atoms with van der Waals surface area (Å²) in [5.74, 6) is -1.58. The van der Waals surface area contributed by atoms with Crippen LogP contribution in [-0.4, -0.2) is 38.1 Å². The first kappa shape index (κ1) is 21.8. The lowest BCUT2D eigenvalue weighted by Gasteiger charge is -2.17. The number of carbonyl (C=O) groups is 3. The minimum absolute atomic E-state index is 0.247. The molecule has 1 N–H and O–H groups in total. The summed E-state index contributed by atoms with van der Waals surface area (Å²) >= 11 is 0. The van der Waals surface area contributed by atoms with Crippen molar-refractivity contribution in [3.8, 4) is 11.1 Å². The number of methoxy groups -OCH3 is 2. The van der Waals surface area contributed by atoms with Crippen molar-refractivity contribution in [3.05, 3.63) is 95.6 Å². The lowest BCUT2D eigenvalue weighted by atomic mass is 10.0. The van der Waals surface area contributed by atoms with Gasteiger partial charge in [0.15, 0.2) is 0 Å². The molecule has 0 aliphatic rings. The van der Waals surface area contributed by atoms with Crippen molar-refractivity contribution >= 4 is 17.8 Å². The fourth-order valence-electron chi connectivity index (χ4n) is 3.18. The van der Waals surface area contributed by atoms with Crippen molar-refractivity contribution in [1.29, 1.82) is 0 Å². The summed E-state index contributed by atoms with van der Waals surface area (Å²) < 4.78 is 9.55. The molecule has 0 aromatic heterocycles. The highest BCUT2D eigenvalue weighted by molar-refractivity contribution is 5.99. The summed E-state index contributed by atoms with van der Waals surface area (Å²) in [6.07, 6.45) is 0.268. The molecule has 6 heteroatoms. The maximum absolute atomic E-state index is 12.7. The van der Waals surface area contributed by atoms with E-state index in [-0.39, 0.29) is 17.5 Å². The van der Waals surface area contributed by atoms with Crippen LogP contribution in [0.3, 0.4) is 0 Å². The summed E-state index contributed by atoms with van der Waals surface area (Å²) in [6.45, 7) is 0. The van der Waals surface area contributed by atoms with Crippen LogP contribution < -0.4 is 5.32 Å². The molecule has 0 fully saturated rings. The second-order valence-electron chi connectivity index (χ2n) is 6.89. The molecule has 0 heterocycles. The number of nitrogens with one attached hydrogen (secondary N) is 1. The SMILES string of the molecule is COC(=O)c1cccc(C(=O)N[C@@H](Cc2ccc(-c3ccccc3)cc2)C(=O)OC)c1. The van der Waals surface area contributed by atoms with E-state index in [0.717, 1.165) is 16.7 Å². The molecule has 0 spiro atoms. The minimum Gasteiger partial charge on any atom is -0.467 e. The Kier molecular flexibility index (Phi) is 7.17. The van der Waals surface area contributed by atoms with Crippen molar-refractivity contribution in [2.24, 2.45) is 0 Å². The van der Waals surface area contributed by atoms with E-state index in [9.17, 15) is 14.4 Å². The summed E-state index contributed by atoms with van der Waals surface area (Å²) in [6, 6.07) is 23.0. The van der Waals surface area contributed by atoms with Crippen molar-refractivity contribution in [3.63, 3.8) is 0 Å². The van der Waals surface area contributed by atoms with Gasteiger partial charge in [-0.3, -0.25) is 4.79 Å². The molecule has 0 saturated carbocycles. The fourth-order valence-corrected chi connectivity index (χ4v) is 3.18. The van der Waals surface area contributed by atoms with Crippen molar-refractivity contribution in [2.45, 2.75) is 12.5 Å². The number of benzene rings is 3. The van der Waals surface area contributed by atoms with Gasteiger partial charge in [0, 0.05) is 12.0 Å². The van der Waals surface area contributed by atoms with Gasteiger partial charge in [-0.1, -0.05) is 60.7 Å². The van der Waals surface area contributed by atoms with Gasteiger partial charge in [-0.2, -0.15) is 0 Å². The predicted octanol–water partition coefficient (Wildman–Crippen LogP) is 3.65. The number of ether oxygens (including phenoxy) is 2. The summed E-state index contributed by atoms with van der Waals surface area (Å²) in [4.78, 5) is 36.7. The third-order valence-corrected chi connectivity index (χ3v) is 4.84. The number of rotatable bonds is 7. The average molecular weight is 417 g/mol. The predicted molar refractivity (Wildman–Crippen MR) is 117 cm³/mol. The molecule has 6 nitrogen and oxygen atoms in total. The van der Waals surface area contributed by atoms with Gasteiger partial charge in [-0.25, -0.2) is 9.59 Å². The van der Waals surface area contributed by atoms with Crippen LogP contribution in [0.25, 0.3) is 11.1 Å². The van der Waals surface area contributed by atoms with E-state index >= 15 is 0 Å². The topological polar surface area (TPSA) is 81.7 Å². The molecule has 0 unspecified atom stereocenters. The van der Waals surface area contributed by atoms with Crippen molar-refractivity contribution in [1.82, 2.24) is 5.32 Å². The Hall–Kier alpha value is -3.93. The van der Waals surface area contributed by atoms with Crippen LogP contribution in [0, 0.1) is 0 Å². The maximum atomic E-state index is 12.7. The monoisotopic (exact) mass is 417 g/mol. The number of carbonyl (C=O) groups excluding carboxylic acids is 3. The molecule has 0 bridgehead atoms. The van der Waals surface area contributed by atoms with E-state index in [0.29, 0.717) is 0 Å². The lowest BCUT2D eigenvalue weighted by Crippen LogP contribution is -2.43. The third kappa shape index (κ3) is 5.57. The molecule has 3 aromatic carbocycles. The zero-order valence-corrected chi connectivity index (χ0v) is 17.3. The van der Waals surface area contributed by atoms with Crippen LogP contribution in [0.4, 0.5) is 0 Å². The van der Waals surface area contributed by atoms with Crippen LogP contribution in [0.2, 0.25) is 0 Å². The Morgan fingerprint density at radius 2 is 1.42 bits per heavy atom. The van der Waals surface area contributed by atoms with Crippen LogP contribution in [0.1, 0.15) is 26.3 Å². The largest absolute Gasteiger partial charge is 0.467 e. The molecule has 0 radical (unpaired) electrons. The fraction of sp³-hybridized carbons (Fsp3) is 0.160. The zero-order chi connectivity index (χ0) is 22.2. The van der Waals surface area contributed by atoms with E-state index in [2.05, 4.69) is 10.1 Å². The molecule has 3 aromatic rings. The van der Waals surface area contributed by atoms with E-state index in [1.807, 2.05) is 54.6 Å². The first-order valence-corrected chi connectivity index (χ1v) is 9.73. The number of hydrogen-bond acceptors (Lipinski definition) is 5. The van der Waals surface area contributed by atoms with Gasteiger partial charge in [0.2, 0.25) is 0 Å². The third-order valence-electron chi connectivity index (χ3n) is 4.84. The van der Waals surface area contributed by atoms with Gasteiger partial charge in [0.25, 0.3) is 5.91 Å². The van der Waals surface area contributed by atoms with Gasteiger partial charge >= 0.3 is 11.9 Å². The highest BCUT2D eigenvalue weighted by atomic mass is 16.5. The lowest BCUT2D eigenvalue weighted by molar-refractivity contribution is -0.142. The molecule has 1 atom stereocenters. The molecular formula is C25H23NO5. The normalized spacial score (nSPS) is 11.3. The summed E-state index contributed by atoms with van der Waals surface area (Å²) in [5, 5.41) is 2.70.